The molecular formula is C19H23N3O4. The highest BCUT2D eigenvalue weighted by molar-refractivity contribution is 5.91. The molecule has 1 aromatic carbocycles. The van der Waals surface area contributed by atoms with Crippen LogP contribution >= 0.6 is 0 Å². The van der Waals surface area contributed by atoms with Gasteiger partial charge in [-0.1, -0.05) is 12.1 Å². The van der Waals surface area contributed by atoms with Gasteiger partial charge in [-0.3, -0.25) is 0 Å². The summed E-state index contributed by atoms with van der Waals surface area (Å²) >= 11 is 0. The molecule has 1 unspecified atom stereocenters. The summed E-state index contributed by atoms with van der Waals surface area (Å²) in [6.45, 7) is 3.10. The average molecular weight is 357 g/mol. The number of amides is 2. The van der Waals surface area contributed by atoms with Gasteiger partial charge in [0, 0.05) is 25.2 Å². The molecule has 2 heterocycles. The minimum Gasteiger partial charge on any atom is -0.493 e. The largest absolute Gasteiger partial charge is 0.493 e. The third kappa shape index (κ3) is 3.99. The summed E-state index contributed by atoms with van der Waals surface area (Å²) in [5.74, 6) is 1.65. The number of carbonyl (C=O) groups excluding carboxylic acids is 1. The summed E-state index contributed by atoms with van der Waals surface area (Å²) in [6.07, 6.45) is 2.46. The highest BCUT2D eigenvalue weighted by Crippen LogP contribution is 2.35. The zero-order valence-electron chi connectivity index (χ0n) is 15.2. The quantitative estimate of drug-likeness (QED) is 0.890. The van der Waals surface area contributed by atoms with E-state index in [1.807, 2.05) is 19.1 Å². The molecule has 7 heteroatoms. The fourth-order valence-electron chi connectivity index (χ4n) is 2.88. The predicted molar refractivity (Wildman–Crippen MR) is 98.1 cm³/mol. The van der Waals surface area contributed by atoms with Gasteiger partial charge in [-0.25, -0.2) is 9.78 Å². The number of likely N-dealkylation sites (tertiary alicyclic amines) is 1. The van der Waals surface area contributed by atoms with Crippen LogP contribution in [0.5, 0.6) is 17.4 Å². The van der Waals surface area contributed by atoms with Gasteiger partial charge in [-0.2, -0.15) is 0 Å². The van der Waals surface area contributed by atoms with Gasteiger partial charge in [0.05, 0.1) is 26.5 Å². The zero-order chi connectivity index (χ0) is 18.5. The van der Waals surface area contributed by atoms with Crippen molar-refractivity contribution in [1.82, 2.24) is 9.88 Å². The van der Waals surface area contributed by atoms with E-state index in [2.05, 4.69) is 10.3 Å². The van der Waals surface area contributed by atoms with Crippen molar-refractivity contribution in [2.45, 2.75) is 19.4 Å². The van der Waals surface area contributed by atoms with Crippen LogP contribution in [0.1, 0.15) is 12.0 Å². The molecule has 7 nitrogen and oxygen atoms in total. The Hall–Kier alpha value is -2.96. The van der Waals surface area contributed by atoms with E-state index in [4.69, 9.17) is 14.2 Å². The molecule has 138 valence electrons. The third-order valence-corrected chi connectivity index (χ3v) is 4.25. The number of hydrogen-bond donors (Lipinski definition) is 1. The summed E-state index contributed by atoms with van der Waals surface area (Å²) < 4.78 is 16.5. The molecule has 1 aliphatic heterocycles. The SMILES string of the molecule is COc1cccc(NC(=O)N2CCC(Oc3ccc(C)cn3)C2)c1OC. The minimum absolute atomic E-state index is 0.0665. The van der Waals surface area contributed by atoms with E-state index in [-0.39, 0.29) is 12.1 Å². The first-order valence-electron chi connectivity index (χ1n) is 8.47. The fourth-order valence-corrected chi connectivity index (χ4v) is 2.88. The molecule has 26 heavy (non-hydrogen) atoms. The molecule has 1 aromatic heterocycles. The second-order valence-electron chi connectivity index (χ2n) is 6.12. The lowest BCUT2D eigenvalue weighted by atomic mass is 10.2. The Labute approximate surface area is 152 Å². The third-order valence-electron chi connectivity index (χ3n) is 4.25. The van der Waals surface area contributed by atoms with Gasteiger partial charge in [-0.15, -0.1) is 0 Å². The van der Waals surface area contributed by atoms with E-state index in [9.17, 15) is 4.79 Å². The molecule has 1 fully saturated rings. The number of pyridine rings is 1. The number of benzene rings is 1. The van der Waals surface area contributed by atoms with Crippen molar-refractivity contribution in [3.8, 4) is 17.4 Å². The van der Waals surface area contributed by atoms with E-state index < -0.39 is 0 Å². The smallest absolute Gasteiger partial charge is 0.322 e. The van der Waals surface area contributed by atoms with Gasteiger partial charge in [-0.05, 0) is 24.6 Å². The second-order valence-corrected chi connectivity index (χ2v) is 6.12. The summed E-state index contributed by atoms with van der Waals surface area (Å²) in [4.78, 5) is 18.5. The van der Waals surface area contributed by atoms with Crippen molar-refractivity contribution < 1.29 is 19.0 Å². The second kappa shape index (κ2) is 7.95. The van der Waals surface area contributed by atoms with Crippen LogP contribution in [-0.4, -0.2) is 49.3 Å². The van der Waals surface area contributed by atoms with Crippen LogP contribution in [0.4, 0.5) is 10.5 Å². The number of ether oxygens (including phenoxy) is 3. The molecule has 0 saturated carbocycles. The lowest BCUT2D eigenvalue weighted by molar-refractivity contribution is 0.190. The monoisotopic (exact) mass is 357 g/mol. The van der Waals surface area contributed by atoms with E-state index >= 15 is 0 Å². The van der Waals surface area contributed by atoms with Crippen molar-refractivity contribution in [3.63, 3.8) is 0 Å². The molecule has 0 spiro atoms. The number of urea groups is 1. The minimum atomic E-state index is -0.195. The lowest BCUT2D eigenvalue weighted by Crippen LogP contribution is -2.34. The molecule has 1 N–H and O–H groups in total. The van der Waals surface area contributed by atoms with Crippen molar-refractivity contribution in [3.05, 3.63) is 42.1 Å². The molecule has 3 rings (SSSR count). The van der Waals surface area contributed by atoms with E-state index in [1.54, 1.807) is 43.5 Å². The zero-order valence-corrected chi connectivity index (χ0v) is 15.2. The Kier molecular flexibility index (Phi) is 5.46. The Morgan fingerprint density at radius 3 is 2.77 bits per heavy atom. The number of rotatable bonds is 5. The number of nitrogens with one attached hydrogen (secondary N) is 1. The Morgan fingerprint density at radius 2 is 2.08 bits per heavy atom. The molecule has 0 bridgehead atoms. The maximum atomic E-state index is 12.6. The summed E-state index contributed by atoms with van der Waals surface area (Å²) in [7, 11) is 3.10. The van der Waals surface area contributed by atoms with Gasteiger partial charge in [0.15, 0.2) is 11.5 Å². The van der Waals surface area contributed by atoms with Crippen LogP contribution < -0.4 is 19.5 Å². The molecule has 0 aliphatic carbocycles. The van der Waals surface area contributed by atoms with E-state index in [0.29, 0.717) is 36.2 Å². The van der Waals surface area contributed by atoms with Crippen molar-refractivity contribution in [2.24, 2.45) is 0 Å². The number of aryl methyl sites for hydroxylation is 1. The highest BCUT2D eigenvalue weighted by atomic mass is 16.5. The Morgan fingerprint density at radius 1 is 1.23 bits per heavy atom. The van der Waals surface area contributed by atoms with Crippen molar-refractivity contribution in [1.29, 1.82) is 0 Å². The number of methoxy groups -OCH3 is 2. The van der Waals surface area contributed by atoms with Crippen LogP contribution in [0.2, 0.25) is 0 Å². The summed E-state index contributed by atoms with van der Waals surface area (Å²) in [5.41, 5.74) is 1.65. The van der Waals surface area contributed by atoms with Gasteiger partial charge in [0.25, 0.3) is 0 Å². The van der Waals surface area contributed by atoms with Crippen molar-refractivity contribution >= 4 is 11.7 Å². The number of anilines is 1. The predicted octanol–water partition coefficient (Wildman–Crippen LogP) is 3.09. The van der Waals surface area contributed by atoms with Crippen LogP contribution in [0.3, 0.4) is 0 Å². The molecule has 2 aromatic rings. The van der Waals surface area contributed by atoms with Crippen LogP contribution in [0.15, 0.2) is 36.5 Å². The Bertz CT molecular complexity index is 764. The molecule has 1 saturated heterocycles. The fraction of sp³-hybridized carbons (Fsp3) is 0.368. The first-order chi connectivity index (χ1) is 12.6. The number of nitrogens with zero attached hydrogens (tertiary/aromatic N) is 2. The first kappa shape index (κ1) is 17.8. The van der Waals surface area contributed by atoms with Crippen LogP contribution in [-0.2, 0) is 0 Å². The van der Waals surface area contributed by atoms with E-state index in [0.717, 1.165) is 12.0 Å². The normalized spacial score (nSPS) is 16.3. The highest BCUT2D eigenvalue weighted by Gasteiger charge is 2.28. The summed E-state index contributed by atoms with van der Waals surface area (Å²) in [6, 6.07) is 8.97. The van der Waals surface area contributed by atoms with Crippen molar-refractivity contribution in [2.75, 3.05) is 32.6 Å². The number of para-hydroxylation sites is 1. The number of carbonyl (C=O) groups is 1. The van der Waals surface area contributed by atoms with Gasteiger partial charge in [0.1, 0.15) is 6.10 Å². The summed E-state index contributed by atoms with van der Waals surface area (Å²) in [5, 5.41) is 2.88. The maximum absolute atomic E-state index is 12.6. The van der Waals surface area contributed by atoms with Gasteiger partial charge >= 0.3 is 6.03 Å². The van der Waals surface area contributed by atoms with E-state index in [1.165, 1.54) is 0 Å². The number of aromatic nitrogens is 1. The average Bonchev–Trinajstić information content (AvgIpc) is 3.12. The Balaban J connectivity index is 1.60. The molecule has 0 radical (unpaired) electrons. The maximum Gasteiger partial charge on any atom is 0.322 e. The molecule has 1 atom stereocenters. The standard InChI is InChI=1S/C19H23N3O4/c1-13-7-8-17(20-11-13)26-14-9-10-22(12-14)19(23)21-15-5-4-6-16(24-2)18(15)25-3/h4-8,11,14H,9-10,12H2,1-3H3,(H,21,23). The van der Waals surface area contributed by atoms with Crippen LogP contribution in [0.25, 0.3) is 0 Å². The lowest BCUT2D eigenvalue weighted by Gasteiger charge is -2.19. The topological polar surface area (TPSA) is 72.9 Å². The molecular weight excluding hydrogens is 334 g/mol. The first-order valence-corrected chi connectivity index (χ1v) is 8.47. The van der Waals surface area contributed by atoms with Gasteiger partial charge < -0.3 is 24.4 Å². The van der Waals surface area contributed by atoms with Gasteiger partial charge in [0.2, 0.25) is 5.88 Å². The molecule has 2 amide bonds. The van der Waals surface area contributed by atoms with Crippen LogP contribution in [0, 0.1) is 6.92 Å². The number of hydrogen-bond acceptors (Lipinski definition) is 5. The molecule has 1 aliphatic rings.